The summed E-state index contributed by atoms with van der Waals surface area (Å²) in [5, 5.41) is 3.16. The molecule has 9 heteroatoms. The van der Waals surface area contributed by atoms with E-state index in [2.05, 4.69) is 15.0 Å². The molecular weight excluding hydrogens is 402 g/mol. The van der Waals surface area contributed by atoms with Crippen molar-refractivity contribution in [3.8, 4) is 28.5 Å². The van der Waals surface area contributed by atoms with Gasteiger partial charge in [0, 0.05) is 10.4 Å². The van der Waals surface area contributed by atoms with Gasteiger partial charge in [0.25, 0.3) is 5.91 Å². The van der Waals surface area contributed by atoms with E-state index in [1.165, 1.54) is 37.7 Å². The molecule has 1 N–H and O–H groups in total. The zero-order valence-electron chi connectivity index (χ0n) is 15.9. The number of carbonyl (C=O) groups is 1. The number of rotatable bonds is 7. The molecule has 3 aromatic rings. The number of hydrogen-bond acceptors (Lipinski definition) is 6. The van der Waals surface area contributed by atoms with E-state index in [4.69, 9.17) is 9.47 Å². The Bertz CT molecular complexity index is 1010. The summed E-state index contributed by atoms with van der Waals surface area (Å²) in [6.45, 7) is -1.02. The predicted molar refractivity (Wildman–Crippen MR) is 106 cm³/mol. The third-order valence-electron chi connectivity index (χ3n) is 4.02. The van der Waals surface area contributed by atoms with Crippen LogP contribution in [0.1, 0.15) is 15.2 Å². The Morgan fingerprint density at radius 3 is 2.38 bits per heavy atom. The number of amides is 1. The fourth-order valence-corrected chi connectivity index (χ4v) is 3.50. The lowest BCUT2D eigenvalue weighted by atomic mass is 10.1. The number of nitrogens with zero attached hydrogens (tertiary/aromatic N) is 1. The maximum absolute atomic E-state index is 12.7. The van der Waals surface area contributed by atoms with E-state index in [-0.39, 0.29) is 11.7 Å². The predicted octanol–water partition coefficient (Wildman–Crippen LogP) is 4.99. The van der Waals surface area contributed by atoms with Gasteiger partial charge in [0.15, 0.2) is 5.13 Å². The minimum atomic E-state index is -2.88. The fourth-order valence-electron chi connectivity index (χ4n) is 2.67. The number of thiazole rings is 1. The molecule has 0 spiro atoms. The molecule has 0 aliphatic carbocycles. The molecule has 0 fully saturated rings. The molecule has 0 saturated heterocycles. The van der Waals surface area contributed by atoms with Crippen LogP contribution in [0.15, 0.2) is 42.5 Å². The van der Waals surface area contributed by atoms with E-state index >= 15 is 0 Å². The Morgan fingerprint density at radius 1 is 1.07 bits per heavy atom. The Balaban J connectivity index is 1.81. The summed E-state index contributed by atoms with van der Waals surface area (Å²) in [7, 11) is 2.99. The molecule has 0 atom stereocenters. The van der Waals surface area contributed by atoms with Gasteiger partial charge in [-0.15, -0.1) is 11.3 Å². The summed E-state index contributed by atoms with van der Waals surface area (Å²) < 4.78 is 39.3. The van der Waals surface area contributed by atoms with Crippen LogP contribution in [0.2, 0.25) is 0 Å². The van der Waals surface area contributed by atoms with Crippen molar-refractivity contribution in [2.75, 3.05) is 19.5 Å². The molecule has 29 heavy (non-hydrogen) atoms. The molecule has 1 amide bonds. The highest BCUT2D eigenvalue weighted by Crippen LogP contribution is 2.32. The molecule has 3 rings (SSSR count). The zero-order chi connectivity index (χ0) is 21.0. The highest BCUT2D eigenvalue weighted by Gasteiger charge is 2.17. The number of methoxy groups -OCH3 is 2. The normalized spacial score (nSPS) is 10.7. The SMILES string of the molecule is COc1ccc(OC)c(C(=O)Nc2nc(-c3ccc(OC(F)F)cc3)c(C)s2)c1. The standard InChI is InChI=1S/C20H18F2N2O4S/c1-11-17(12-4-6-13(7-5-12)28-19(21)22)23-20(29-11)24-18(25)15-10-14(26-2)8-9-16(15)27-3/h4-10,19H,1-3H3,(H,23,24,25). The summed E-state index contributed by atoms with van der Waals surface area (Å²) in [5.74, 6) is 0.612. The van der Waals surface area contributed by atoms with Gasteiger partial charge in [-0.3, -0.25) is 10.1 Å². The van der Waals surface area contributed by atoms with Crippen LogP contribution in [0, 0.1) is 6.92 Å². The van der Waals surface area contributed by atoms with Crippen LogP contribution in [0.4, 0.5) is 13.9 Å². The van der Waals surface area contributed by atoms with Crippen molar-refractivity contribution in [3.05, 3.63) is 52.9 Å². The molecule has 1 heterocycles. The number of ether oxygens (including phenoxy) is 3. The number of carbonyl (C=O) groups excluding carboxylic acids is 1. The maximum Gasteiger partial charge on any atom is 0.387 e. The monoisotopic (exact) mass is 420 g/mol. The van der Waals surface area contributed by atoms with Crippen LogP contribution in [0.3, 0.4) is 0 Å². The summed E-state index contributed by atoms with van der Waals surface area (Å²) in [6.07, 6.45) is 0. The second kappa shape index (κ2) is 8.87. The third kappa shape index (κ3) is 4.80. The van der Waals surface area contributed by atoms with Crippen molar-refractivity contribution >= 4 is 22.4 Å². The van der Waals surface area contributed by atoms with Gasteiger partial charge >= 0.3 is 6.61 Å². The van der Waals surface area contributed by atoms with Gasteiger partial charge in [0.05, 0.1) is 25.5 Å². The average molecular weight is 420 g/mol. The lowest BCUT2D eigenvalue weighted by Crippen LogP contribution is -2.13. The molecular formula is C20H18F2N2O4S. The highest BCUT2D eigenvalue weighted by molar-refractivity contribution is 7.16. The van der Waals surface area contributed by atoms with Crippen molar-refractivity contribution < 1.29 is 27.8 Å². The number of alkyl halides is 2. The summed E-state index contributed by atoms with van der Waals surface area (Å²) in [6, 6.07) is 11.1. The van der Waals surface area contributed by atoms with Crippen molar-refractivity contribution in [1.82, 2.24) is 4.98 Å². The number of anilines is 1. The maximum atomic E-state index is 12.7. The van der Waals surface area contributed by atoms with Crippen molar-refractivity contribution in [1.29, 1.82) is 0 Å². The van der Waals surface area contributed by atoms with E-state index in [0.717, 1.165) is 10.4 Å². The largest absolute Gasteiger partial charge is 0.497 e. The van der Waals surface area contributed by atoms with E-state index in [0.29, 0.717) is 27.9 Å². The first kappa shape index (κ1) is 20.5. The van der Waals surface area contributed by atoms with Crippen molar-refractivity contribution in [2.45, 2.75) is 13.5 Å². The van der Waals surface area contributed by atoms with Gasteiger partial charge in [0.1, 0.15) is 17.2 Å². The third-order valence-corrected chi connectivity index (χ3v) is 4.91. The van der Waals surface area contributed by atoms with Gasteiger partial charge in [-0.1, -0.05) is 0 Å². The fraction of sp³-hybridized carbons (Fsp3) is 0.200. The minimum absolute atomic E-state index is 0.0651. The first-order valence-electron chi connectivity index (χ1n) is 8.47. The van der Waals surface area contributed by atoms with E-state index in [1.807, 2.05) is 6.92 Å². The van der Waals surface area contributed by atoms with Crippen molar-refractivity contribution in [3.63, 3.8) is 0 Å². The van der Waals surface area contributed by atoms with Gasteiger partial charge < -0.3 is 14.2 Å². The van der Waals surface area contributed by atoms with Gasteiger partial charge in [0.2, 0.25) is 0 Å². The highest BCUT2D eigenvalue weighted by atomic mass is 32.1. The Kier molecular flexibility index (Phi) is 6.28. The molecule has 0 aliphatic rings. The van der Waals surface area contributed by atoms with Gasteiger partial charge in [-0.05, 0) is 49.4 Å². The lowest BCUT2D eigenvalue weighted by Gasteiger charge is -2.09. The van der Waals surface area contributed by atoms with Gasteiger partial charge in [-0.2, -0.15) is 8.78 Å². The molecule has 1 aromatic heterocycles. The number of aryl methyl sites for hydroxylation is 1. The number of benzene rings is 2. The summed E-state index contributed by atoms with van der Waals surface area (Å²) >= 11 is 1.30. The summed E-state index contributed by atoms with van der Waals surface area (Å²) in [5.41, 5.74) is 1.68. The number of aromatic nitrogens is 1. The molecule has 0 saturated carbocycles. The van der Waals surface area contributed by atoms with E-state index < -0.39 is 6.61 Å². The van der Waals surface area contributed by atoms with Gasteiger partial charge in [-0.25, -0.2) is 4.98 Å². The van der Waals surface area contributed by atoms with Crippen LogP contribution < -0.4 is 19.5 Å². The second-order valence-electron chi connectivity index (χ2n) is 5.85. The number of halogens is 2. The molecule has 6 nitrogen and oxygen atoms in total. The molecule has 0 aliphatic heterocycles. The quantitative estimate of drug-likeness (QED) is 0.583. The Morgan fingerprint density at radius 2 is 1.76 bits per heavy atom. The van der Waals surface area contributed by atoms with Crippen LogP contribution in [-0.2, 0) is 0 Å². The van der Waals surface area contributed by atoms with E-state index in [1.54, 1.807) is 30.3 Å². The number of hydrogen-bond donors (Lipinski definition) is 1. The van der Waals surface area contributed by atoms with Crippen LogP contribution in [0.5, 0.6) is 17.2 Å². The molecule has 0 bridgehead atoms. The molecule has 2 aromatic carbocycles. The number of nitrogens with one attached hydrogen (secondary N) is 1. The molecule has 0 radical (unpaired) electrons. The van der Waals surface area contributed by atoms with Crippen LogP contribution >= 0.6 is 11.3 Å². The summed E-state index contributed by atoms with van der Waals surface area (Å²) in [4.78, 5) is 18.0. The van der Waals surface area contributed by atoms with Crippen molar-refractivity contribution in [2.24, 2.45) is 0 Å². The second-order valence-corrected chi connectivity index (χ2v) is 7.05. The molecule has 0 unspecified atom stereocenters. The Labute approximate surface area is 170 Å². The lowest BCUT2D eigenvalue weighted by molar-refractivity contribution is -0.0498. The zero-order valence-corrected chi connectivity index (χ0v) is 16.7. The smallest absolute Gasteiger partial charge is 0.387 e. The average Bonchev–Trinajstić information content (AvgIpc) is 3.07. The molecule has 152 valence electrons. The Hall–Kier alpha value is -3.20. The first-order chi connectivity index (χ1) is 13.9. The van der Waals surface area contributed by atoms with E-state index in [9.17, 15) is 13.6 Å². The topological polar surface area (TPSA) is 69.7 Å². The van der Waals surface area contributed by atoms with Crippen LogP contribution in [0.25, 0.3) is 11.3 Å². The first-order valence-corrected chi connectivity index (χ1v) is 9.29. The van der Waals surface area contributed by atoms with Crippen LogP contribution in [-0.4, -0.2) is 31.7 Å². The minimum Gasteiger partial charge on any atom is -0.497 e.